The van der Waals surface area contributed by atoms with E-state index in [0.717, 1.165) is 11.3 Å². The molecule has 0 saturated heterocycles. The van der Waals surface area contributed by atoms with Gasteiger partial charge in [0, 0.05) is 0 Å². The molecule has 0 N–H and O–H groups in total. The lowest BCUT2D eigenvalue weighted by Crippen LogP contribution is -1.97. The Morgan fingerprint density at radius 1 is 1.29 bits per heavy atom. The maximum absolute atomic E-state index is 5.01. The van der Waals surface area contributed by atoms with E-state index in [1.807, 2.05) is 13.8 Å². The van der Waals surface area contributed by atoms with E-state index < -0.39 is 0 Å². The Hall–Kier alpha value is -1.31. The first-order valence-corrected chi connectivity index (χ1v) is 4.89. The zero-order valence-electron chi connectivity index (χ0n) is 9.29. The first kappa shape index (κ1) is 10.8. The minimum atomic E-state index is 0.613. The van der Waals surface area contributed by atoms with Crippen molar-refractivity contribution in [2.75, 3.05) is 6.61 Å². The molecule has 0 aliphatic heterocycles. The zero-order chi connectivity index (χ0) is 10.6. The first-order valence-electron chi connectivity index (χ1n) is 4.89. The van der Waals surface area contributed by atoms with Crippen molar-refractivity contribution in [3.8, 4) is 0 Å². The second kappa shape index (κ2) is 4.80. The fourth-order valence-electron chi connectivity index (χ4n) is 1.18. The van der Waals surface area contributed by atoms with Gasteiger partial charge in [-0.05, 0) is 50.5 Å². The highest BCUT2D eigenvalue weighted by Gasteiger charge is 1.99. The van der Waals surface area contributed by atoms with E-state index in [4.69, 9.17) is 4.84 Å². The highest BCUT2D eigenvalue weighted by Crippen LogP contribution is 2.10. The Labute approximate surface area is 85.6 Å². The van der Waals surface area contributed by atoms with E-state index in [2.05, 4.69) is 37.2 Å². The molecule has 0 atom stereocenters. The third-order valence-corrected chi connectivity index (χ3v) is 2.26. The fourth-order valence-corrected chi connectivity index (χ4v) is 1.18. The van der Waals surface area contributed by atoms with Gasteiger partial charge in [0.2, 0.25) is 0 Å². The second-order valence-electron chi connectivity index (χ2n) is 3.39. The van der Waals surface area contributed by atoms with Crippen LogP contribution in [0.1, 0.15) is 30.5 Å². The SMILES string of the molecule is CCO/N=C(/C)c1ccc(C)c(C)c1. The van der Waals surface area contributed by atoms with Crippen molar-refractivity contribution >= 4 is 5.71 Å². The minimum absolute atomic E-state index is 0.613. The van der Waals surface area contributed by atoms with Crippen molar-refractivity contribution < 1.29 is 4.84 Å². The van der Waals surface area contributed by atoms with Crippen molar-refractivity contribution in [1.29, 1.82) is 0 Å². The lowest BCUT2D eigenvalue weighted by atomic mass is 10.0. The van der Waals surface area contributed by atoms with E-state index in [9.17, 15) is 0 Å². The molecule has 1 rings (SSSR count). The number of benzene rings is 1. The third kappa shape index (κ3) is 2.59. The average Bonchev–Trinajstić information content (AvgIpc) is 2.18. The quantitative estimate of drug-likeness (QED) is 0.531. The third-order valence-electron chi connectivity index (χ3n) is 2.26. The zero-order valence-corrected chi connectivity index (χ0v) is 9.29. The van der Waals surface area contributed by atoms with Gasteiger partial charge in [-0.2, -0.15) is 0 Å². The van der Waals surface area contributed by atoms with Gasteiger partial charge >= 0.3 is 0 Å². The van der Waals surface area contributed by atoms with Gasteiger partial charge in [0.05, 0.1) is 5.71 Å². The molecule has 0 heterocycles. The van der Waals surface area contributed by atoms with Crippen LogP contribution in [0.5, 0.6) is 0 Å². The smallest absolute Gasteiger partial charge is 0.114 e. The summed E-state index contributed by atoms with van der Waals surface area (Å²) in [6.45, 7) is 8.71. The summed E-state index contributed by atoms with van der Waals surface area (Å²) in [4.78, 5) is 5.01. The van der Waals surface area contributed by atoms with E-state index in [0.29, 0.717) is 6.61 Å². The number of oxime groups is 1. The van der Waals surface area contributed by atoms with Crippen LogP contribution in [0.4, 0.5) is 0 Å². The molecule has 2 nitrogen and oxygen atoms in total. The van der Waals surface area contributed by atoms with Crippen LogP contribution in [0.15, 0.2) is 23.4 Å². The summed E-state index contributed by atoms with van der Waals surface area (Å²) in [6.07, 6.45) is 0. The predicted molar refractivity (Wildman–Crippen MR) is 59.8 cm³/mol. The molecule has 76 valence electrons. The maximum Gasteiger partial charge on any atom is 0.114 e. The normalized spacial score (nSPS) is 11.6. The van der Waals surface area contributed by atoms with Crippen molar-refractivity contribution in [3.63, 3.8) is 0 Å². The van der Waals surface area contributed by atoms with Crippen LogP contribution in [0.2, 0.25) is 0 Å². The molecule has 0 spiro atoms. The molecule has 0 aliphatic carbocycles. The van der Waals surface area contributed by atoms with E-state index in [-0.39, 0.29) is 0 Å². The number of hydrogen-bond donors (Lipinski definition) is 0. The van der Waals surface area contributed by atoms with Gasteiger partial charge in [-0.3, -0.25) is 0 Å². The standard InChI is InChI=1S/C12H17NO/c1-5-14-13-11(4)12-7-6-9(2)10(3)8-12/h6-8H,5H2,1-4H3/b13-11-. The molecule has 0 saturated carbocycles. The number of aryl methyl sites for hydroxylation is 2. The van der Waals surface area contributed by atoms with Crippen LogP contribution in [-0.4, -0.2) is 12.3 Å². The molecule has 0 aromatic heterocycles. The van der Waals surface area contributed by atoms with E-state index in [1.54, 1.807) is 0 Å². The second-order valence-corrected chi connectivity index (χ2v) is 3.39. The largest absolute Gasteiger partial charge is 0.396 e. The summed E-state index contributed by atoms with van der Waals surface area (Å²) in [5, 5.41) is 4.00. The summed E-state index contributed by atoms with van der Waals surface area (Å²) >= 11 is 0. The van der Waals surface area contributed by atoms with Gasteiger partial charge in [0.25, 0.3) is 0 Å². The summed E-state index contributed by atoms with van der Waals surface area (Å²) in [5.74, 6) is 0. The molecule has 0 unspecified atom stereocenters. The Bertz CT molecular complexity index is 342. The molecule has 2 heteroatoms. The molecular weight excluding hydrogens is 174 g/mol. The van der Waals surface area contributed by atoms with Crippen molar-refractivity contribution in [2.24, 2.45) is 5.16 Å². The predicted octanol–water partition coefficient (Wildman–Crippen LogP) is 3.06. The fraction of sp³-hybridized carbons (Fsp3) is 0.417. The molecule has 0 bridgehead atoms. The van der Waals surface area contributed by atoms with Crippen molar-refractivity contribution in [1.82, 2.24) is 0 Å². The van der Waals surface area contributed by atoms with E-state index in [1.165, 1.54) is 11.1 Å². The van der Waals surface area contributed by atoms with Gasteiger partial charge in [0.1, 0.15) is 6.61 Å². The molecular formula is C12H17NO. The molecule has 0 amide bonds. The molecule has 0 aliphatic rings. The van der Waals surface area contributed by atoms with E-state index >= 15 is 0 Å². The lowest BCUT2D eigenvalue weighted by Gasteiger charge is -2.04. The van der Waals surface area contributed by atoms with Crippen LogP contribution in [-0.2, 0) is 4.84 Å². The minimum Gasteiger partial charge on any atom is -0.396 e. The highest BCUT2D eigenvalue weighted by atomic mass is 16.6. The maximum atomic E-state index is 5.01. The molecule has 1 aromatic carbocycles. The van der Waals surface area contributed by atoms with Crippen LogP contribution in [0.25, 0.3) is 0 Å². The lowest BCUT2D eigenvalue weighted by molar-refractivity contribution is 0.159. The monoisotopic (exact) mass is 191 g/mol. The number of nitrogens with zero attached hydrogens (tertiary/aromatic N) is 1. The highest BCUT2D eigenvalue weighted by molar-refractivity contribution is 5.98. The van der Waals surface area contributed by atoms with Gasteiger partial charge < -0.3 is 4.84 Å². The van der Waals surface area contributed by atoms with Crippen LogP contribution >= 0.6 is 0 Å². The van der Waals surface area contributed by atoms with Gasteiger partial charge in [-0.1, -0.05) is 17.3 Å². The van der Waals surface area contributed by atoms with Crippen molar-refractivity contribution in [2.45, 2.75) is 27.7 Å². The summed E-state index contributed by atoms with van der Waals surface area (Å²) in [7, 11) is 0. The van der Waals surface area contributed by atoms with Crippen LogP contribution in [0.3, 0.4) is 0 Å². The average molecular weight is 191 g/mol. The van der Waals surface area contributed by atoms with Crippen LogP contribution in [0, 0.1) is 13.8 Å². The summed E-state index contributed by atoms with van der Waals surface area (Å²) in [6, 6.07) is 6.31. The summed E-state index contributed by atoms with van der Waals surface area (Å²) < 4.78 is 0. The molecule has 1 aromatic rings. The first-order chi connectivity index (χ1) is 6.65. The Kier molecular flexibility index (Phi) is 3.69. The number of rotatable bonds is 3. The summed E-state index contributed by atoms with van der Waals surface area (Å²) in [5.41, 5.74) is 4.64. The molecule has 0 radical (unpaired) electrons. The van der Waals surface area contributed by atoms with Gasteiger partial charge in [0.15, 0.2) is 0 Å². The molecule has 14 heavy (non-hydrogen) atoms. The van der Waals surface area contributed by atoms with Crippen molar-refractivity contribution in [3.05, 3.63) is 34.9 Å². The van der Waals surface area contributed by atoms with Crippen LogP contribution < -0.4 is 0 Å². The van der Waals surface area contributed by atoms with Gasteiger partial charge in [-0.15, -0.1) is 0 Å². The Morgan fingerprint density at radius 3 is 2.57 bits per heavy atom. The number of hydrogen-bond acceptors (Lipinski definition) is 2. The Balaban J connectivity index is 2.91. The molecule has 0 fully saturated rings. The topological polar surface area (TPSA) is 21.6 Å². The Morgan fingerprint density at radius 2 is 2.00 bits per heavy atom. The van der Waals surface area contributed by atoms with Gasteiger partial charge in [-0.25, -0.2) is 0 Å².